The molecule has 38 heavy (non-hydrogen) atoms. The van der Waals surface area contributed by atoms with Crippen LogP contribution in [-0.2, 0) is 43.5 Å². The molecule has 3 aromatic rings. The van der Waals surface area contributed by atoms with E-state index in [9.17, 15) is 0 Å². The second-order valence-corrected chi connectivity index (χ2v) is 10.5. The lowest BCUT2D eigenvalue weighted by Gasteiger charge is -2.46. The molecule has 1 heterocycles. The van der Waals surface area contributed by atoms with E-state index in [1.807, 2.05) is 54.6 Å². The standard InChI is InChI=1S/C32H38O5S/c1-3-20-34-31-30(36-23-27-18-12-7-13-19-27)29(35-22-26-16-10-6-11-17-26)28(37-32(31)38-4-2)24-33-21-25-14-8-5-9-15-25/h3,5-19,28-32H,1,4,20-24H2,2H3/t28-,29-,30+,31+,32-/m1/s1. The van der Waals surface area contributed by atoms with E-state index in [0.29, 0.717) is 33.0 Å². The summed E-state index contributed by atoms with van der Waals surface area (Å²) in [6, 6.07) is 30.5. The Kier molecular flexibility index (Phi) is 11.9. The minimum Gasteiger partial charge on any atom is -0.374 e. The normalized spacial score (nSPS) is 23.2. The first kappa shape index (κ1) is 28.6. The van der Waals surface area contributed by atoms with Crippen molar-refractivity contribution in [2.75, 3.05) is 19.0 Å². The lowest BCUT2D eigenvalue weighted by Crippen LogP contribution is -2.60. The van der Waals surface area contributed by atoms with Crippen molar-refractivity contribution in [3.8, 4) is 0 Å². The van der Waals surface area contributed by atoms with Gasteiger partial charge in [0, 0.05) is 0 Å². The van der Waals surface area contributed by atoms with E-state index in [0.717, 1.165) is 22.4 Å². The molecule has 1 saturated heterocycles. The number of ether oxygens (including phenoxy) is 5. The van der Waals surface area contributed by atoms with Crippen LogP contribution in [0.3, 0.4) is 0 Å². The lowest BCUT2D eigenvalue weighted by molar-refractivity contribution is -0.250. The Labute approximate surface area is 231 Å². The van der Waals surface area contributed by atoms with Gasteiger partial charge in [0.25, 0.3) is 0 Å². The first-order valence-electron chi connectivity index (χ1n) is 13.2. The Morgan fingerprint density at radius 2 is 1.24 bits per heavy atom. The maximum atomic E-state index is 6.63. The van der Waals surface area contributed by atoms with Crippen LogP contribution in [0.4, 0.5) is 0 Å². The fourth-order valence-electron chi connectivity index (χ4n) is 4.46. The van der Waals surface area contributed by atoms with Gasteiger partial charge in [-0.05, 0) is 22.4 Å². The van der Waals surface area contributed by atoms with E-state index in [1.54, 1.807) is 17.8 Å². The fourth-order valence-corrected chi connectivity index (χ4v) is 5.43. The Morgan fingerprint density at radius 1 is 0.711 bits per heavy atom. The summed E-state index contributed by atoms with van der Waals surface area (Å²) in [5.41, 5.74) is 3.09. The van der Waals surface area contributed by atoms with Gasteiger partial charge in [-0.2, -0.15) is 0 Å². The first-order chi connectivity index (χ1) is 18.8. The lowest BCUT2D eigenvalue weighted by atomic mass is 9.99. The van der Waals surface area contributed by atoms with E-state index < -0.39 is 6.10 Å². The van der Waals surface area contributed by atoms with Crippen LogP contribution in [0.2, 0.25) is 0 Å². The smallest absolute Gasteiger partial charge is 0.132 e. The molecule has 202 valence electrons. The minimum atomic E-state index is -0.391. The summed E-state index contributed by atoms with van der Waals surface area (Å²) < 4.78 is 32.3. The molecule has 0 N–H and O–H groups in total. The van der Waals surface area contributed by atoms with Crippen LogP contribution in [0.25, 0.3) is 0 Å². The summed E-state index contributed by atoms with van der Waals surface area (Å²) >= 11 is 1.71. The maximum Gasteiger partial charge on any atom is 0.132 e. The summed E-state index contributed by atoms with van der Waals surface area (Å²) in [6.07, 6.45) is 0.362. The summed E-state index contributed by atoms with van der Waals surface area (Å²) in [5.74, 6) is 0.886. The third kappa shape index (κ3) is 8.53. The van der Waals surface area contributed by atoms with E-state index >= 15 is 0 Å². The third-order valence-electron chi connectivity index (χ3n) is 6.29. The second kappa shape index (κ2) is 15.8. The molecule has 0 unspecified atom stereocenters. The van der Waals surface area contributed by atoms with Gasteiger partial charge in [-0.1, -0.05) is 104 Å². The van der Waals surface area contributed by atoms with E-state index in [-0.39, 0.29) is 23.7 Å². The van der Waals surface area contributed by atoms with Gasteiger partial charge in [-0.15, -0.1) is 18.3 Å². The molecule has 0 aliphatic carbocycles. The van der Waals surface area contributed by atoms with Crippen molar-refractivity contribution < 1.29 is 23.7 Å². The van der Waals surface area contributed by atoms with E-state index in [2.05, 4.69) is 49.9 Å². The van der Waals surface area contributed by atoms with Crippen molar-refractivity contribution >= 4 is 11.8 Å². The van der Waals surface area contributed by atoms with Crippen LogP contribution in [0.5, 0.6) is 0 Å². The van der Waals surface area contributed by atoms with E-state index in [4.69, 9.17) is 23.7 Å². The largest absolute Gasteiger partial charge is 0.374 e. The topological polar surface area (TPSA) is 46.2 Å². The van der Waals surface area contributed by atoms with Crippen molar-refractivity contribution in [3.63, 3.8) is 0 Å². The molecule has 3 aromatic carbocycles. The Bertz CT molecular complexity index is 1050. The van der Waals surface area contributed by atoms with Crippen molar-refractivity contribution in [1.29, 1.82) is 0 Å². The number of thioether (sulfide) groups is 1. The van der Waals surface area contributed by atoms with Crippen LogP contribution in [0.1, 0.15) is 23.6 Å². The van der Waals surface area contributed by atoms with Gasteiger partial charge < -0.3 is 23.7 Å². The third-order valence-corrected chi connectivity index (χ3v) is 7.33. The highest BCUT2D eigenvalue weighted by Gasteiger charge is 2.48. The first-order valence-corrected chi connectivity index (χ1v) is 14.3. The van der Waals surface area contributed by atoms with Gasteiger partial charge in [0.05, 0.1) is 33.0 Å². The predicted octanol–water partition coefficient (Wildman–Crippen LogP) is 6.42. The molecule has 0 bridgehead atoms. The van der Waals surface area contributed by atoms with Crippen molar-refractivity contribution in [2.24, 2.45) is 0 Å². The highest BCUT2D eigenvalue weighted by molar-refractivity contribution is 7.99. The Balaban J connectivity index is 1.57. The van der Waals surface area contributed by atoms with Crippen molar-refractivity contribution in [1.82, 2.24) is 0 Å². The minimum absolute atomic E-state index is 0.220. The van der Waals surface area contributed by atoms with E-state index in [1.165, 1.54) is 0 Å². The van der Waals surface area contributed by atoms with Gasteiger partial charge in [-0.3, -0.25) is 0 Å². The molecule has 0 aromatic heterocycles. The SMILES string of the molecule is C=CCO[C@H]1[C@@H](OCc2ccccc2)[C@H](OCc2ccccc2)[C@@H](COCc2ccccc2)O[C@@H]1SCC. The van der Waals surface area contributed by atoms with Gasteiger partial charge >= 0.3 is 0 Å². The highest BCUT2D eigenvalue weighted by atomic mass is 32.2. The van der Waals surface area contributed by atoms with Gasteiger partial charge in [0.1, 0.15) is 29.9 Å². The van der Waals surface area contributed by atoms with Gasteiger partial charge in [0.15, 0.2) is 0 Å². The van der Waals surface area contributed by atoms with Gasteiger partial charge in [-0.25, -0.2) is 0 Å². The number of hydrogen-bond acceptors (Lipinski definition) is 6. The van der Waals surface area contributed by atoms with Crippen molar-refractivity contribution in [3.05, 3.63) is 120 Å². The summed E-state index contributed by atoms with van der Waals surface area (Å²) in [7, 11) is 0. The van der Waals surface area contributed by atoms with Crippen LogP contribution in [0, 0.1) is 0 Å². The zero-order valence-electron chi connectivity index (χ0n) is 22.0. The number of benzene rings is 3. The quantitative estimate of drug-likeness (QED) is 0.210. The summed E-state index contributed by atoms with van der Waals surface area (Å²) in [4.78, 5) is 0. The monoisotopic (exact) mass is 534 g/mol. The zero-order chi connectivity index (χ0) is 26.4. The highest BCUT2D eigenvalue weighted by Crippen LogP contribution is 2.35. The number of hydrogen-bond donors (Lipinski definition) is 0. The average Bonchev–Trinajstić information content (AvgIpc) is 2.96. The Hall–Kier alpha value is -2.45. The number of rotatable bonds is 15. The molecule has 1 aliphatic rings. The molecule has 1 aliphatic heterocycles. The fraction of sp³-hybridized carbons (Fsp3) is 0.375. The average molecular weight is 535 g/mol. The molecule has 0 saturated carbocycles. The predicted molar refractivity (Wildman–Crippen MR) is 153 cm³/mol. The molecule has 5 nitrogen and oxygen atoms in total. The Morgan fingerprint density at radius 3 is 1.76 bits per heavy atom. The zero-order valence-corrected chi connectivity index (χ0v) is 22.8. The summed E-state index contributed by atoms with van der Waals surface area (Å²) in [6.45, 7) is 8.15. The second-order valence-electron chi connectivity index (χ2n) is 9.11. The summed E-state index contributed by atoms with van der Waals surface area (Å²) in [5, 5.41) is 0. The molecule has 1 fully saturated rings. The molecule has 0 spiro atoms. The maximum absolute atomic E-state index is 6.63. The van der Waals surface area contributed by atoms with Crippen molar-refractivity contribution in [2.45, 2.75) is 56.6 Å². The molecule has 5 atom stereocenters. The molecular formula is C32H38O5S. The molecule has 6 heteroatoms. The molecule has 4 rings (SSSR count). The molecular weight excluding hydrogens is 496 g/mol. The van der Waals surface area contributed by atoms with Crippen LogP contribution >= 0.6 is 11.8 Å². The molecule has 0 radical (unpaired) electrons. The van der Waals surface area contributed by atoms with Crippen LogP contribution in [0.15, 0.2) is 104 Å². The van der Waals surface area contributed by atoms with Gasteiger partial charge in [0.2, 0.25) is 0 Å². The van der Waals surface area contributed by atoms with Crippen LogP contribution in [-0.4, -0.2) is 48.8 Å². The molecule has 0 amide bonds. The van der Waals surface area contributed by atoms with Crippen LogP contribution < -0.4 is 0 Å².